The van der Waals surface area contributed by atoms with Crippen LogP contribution in [0.4, 0.5) is 4.79 Å². The zero-order chi connectivity index (χ0) is 13.4. The van der Waals surface area contributed by atoms with Gasteiger partial charge in [0.2, 0.25) is 0 Å². The zero-order valence-electron chi connectivity index (χ0n) is 10.6. The monoisotopic (exact) mass is 247 g/mol. The molecule has 1 saturated heterocycles. The number of nitrogens with zero attached hydrogens (tertiary/aromatic N) is 1. The molecule has 18 heavy (non-hydrogen) atoms. The van der Waals surface area contributed by atoms with Gasteiger partial charge in [-0.2, -0.15) is 0 Å². The van der Waals surface area contributed by atoms with Crippen molar-refractivity contribution in [2.75, 3.05) is 13.2 Å². The van der Waals surface area contributed by atoms with Crippen molar-refractivity contribution in [3.63, 3.8) is 0 Å². The lowest BCUT2D eigenvalue weighted by Crippen LogP contribution is -2.29. The predicted octanol–water partition coefficient (Wildman–Crippen LogP) is 2.70. The summed E-state index contributed by atoms with van der Waals surface area (Å²) in [5.74, 6) is -0.341. The Labute approximate surface area is 107 Å². The van der Waals surface area contributed by atoms with Crippen LogP contribution >= 0.6 is 0 Å². The van der Waals surface area contributed by atoms with Crippen LogP contribution in [0.25, 0.3) is 6.08 Å². The van der Waals surface area contributed by atoms with E-state index in [1.807, 2.05) is 44.2 Å². The summed E-state index contributed by atoms with van der Waals surface area (Å²) < 4.78 is 4.67. The Morgan fingerprint density at radius 3 is 2.50 bits per heavy atom. The highest BCUT2D eigenvalue weighted by Gasteiger charge is 2.26. The first kappa shape index (κ1) is 14.0. The van der Waals surface area contributed by atoms with E-state index in [4.69, 9.17) is 0 Å². The second-order valence-electron chi connectivity index (χ2n) is 3.35. The molecule has 0 saturated carbocycles. The minimum Gasteiger partial charge on any atom is -0.447 e. The highest BCUT2D eigenvalue weighted by atomic mass is 16.6. The van der Waals surface area contributed by atoms with Gasteiger partial charge in [0.1, 0.15) is 6.61 Å². The Kier molecular flexibility index (Phi) is 5.64. The third kappa shape index (κ3) is 3.73. The fourth-order valence-electron chi connectivity index (χ4n) is 1.42. The molecule has 0 unspecified atom stereocenters. The number of amides is 2. The average Bonchev–Trinajstić information content (AvgIpc) is 2.86. The summed E-state index contributed by atoms with van der Waals surface area (Å²) in [6.45, 7) is 4.61. The second kappa shape index (κ2) is 7.27. The van der Waals surface area contributed by atoms with Crippen molar-refractivity contribution in [1.29, 1.82) is 0 Å². The van der Waals surface area contributed by atoms with Crippen molar-refractivity contribution in [2.45, 2.75) is 13.8 Å². The van der Waals surface area contributed by atoms with Crippen LogP contribution in [0, 0.1) is 0 Å². The quantitative estimate of drug-likeness (QED) is 0.755. The second-order valence-corrected chi connectivity index (χ2v) is 3.35. The van der Waals surface area contributed by atoms with E-state index in [-0.39, 0.29) is 12.5 Å². The van der Waals surface area contributed by atoms with Crippen LogP contribution in [-0.2, 0) is 9.53 Å². The maximum Gasteiger partial charge on any atom is 0.416 e. The number of rotatable bonds is 2. The van der Waals surface area contributed by atoms with E-state index in [1.165, 1.54) is 6.08 Å². The van der Waals surface area contributed by atoms with Crippen molar-refractivity contribution in [1.82, 2.24) is 4.90 Å². The first-order valence-corrected chi connectivity index (χ1v) is 5.99. The number of ether oxygens (including phenoxy) is 1. The lowest BCUT2D eigenvalue weighted by molar-refractivity contribution is -0.122. The van der Waals surface area contributed by atoms with E-state index in [0.29, 0.717) is 6.54 Å². The first-order valence-electron chi connectivity index (χ1n) is 5.99. The van der Waals surface area contributed by atoms with Crippen LogP contribution in [0.3, 0.4) is 0 Å². The van der Waals surface area contributed by atoms with E-state index < -0.39 is 6.09 Å². The Balaban J connectivity index is 0.000000771. The molecule has 2 rings (SSSR count). The van der Waals surface area contributed by atoms with E-state index in [9.17, 15) is 9.59 Å². The molecule has 0 atom stereocenters. The molecular formula is C14H17NO3. The van der Waals surface area contributed by atoms with E-state index in [0.717, 1.165) is 10.5 Å². The van der Waals surface area contributed by atoms with Gasteiger partial charge in [-0.1, -0.05) is 44.2 Å². The number of cyclic esters (lactones) is 1. The summed E-state index contributed by atoms with van der Waals surface area (Å²) in [6, 6.07) is 9.43. The SMILES string of the molecule is CC.O=C(/C=C/c1ccccc1)N1CCOC1=O. The number of carbonyl (C=O) groups excluding carboxylic acids is 2. The molecule has 0 aromatic heterocycles. The number of imide groups is 1. The topological polar surface area (TPSA) is 46.6 Å². The summed E-state index contributed by atoms with van der Waals surface area (Å²) in [7, 11) is 0. The van der Waals surface area contributed by atoms with E-state index in [1.54, 1.807) is 6.08 Å². The Bertz CT molecular complexity index is 426. The molecule has 96 valence electrons. The minimum absolute atomic E-state index is 0.281. The summed E-state index contributed by atoms with van der Waals surface area (Å²) in [5, 5.41) is 0. The molecule has 1 heterocycles. The van der Waals surface area contributed by atoms with Gasteiger partial charge >= 0.3 is 6.09 Å². The fraction of sp³-hybridized carbons (Fsp3) is 0.286. The number of hydrogen-bond acceptors (Lipinski definition) is 3. The smallest absolute Gasteiger partial charge is 0.416 e. The Morgan fingerprint density at radius 2 is 1.94 bits per heavy atom. The maximum absolute atomic E-state index is 11.6. The van der Waals surface area contributed by atoms with Gasteiger partial charge in [-0.15, -0.1) is 0 Å². The third-order valence-corrected chi connectivity index (χ3v) is 2.24. The van der Waals surface area contributed by atoms with Crippen LogP contribution in [0.5, 0.6) is 0 Å². The predicted molar refractivity (Wildman–Crippen MR) is 69.9 cm³/mol. The van der Waals surface area contributed by atoms with Crippen LogP contribution in [0.15, 0.2) is 36.4 Å². The molecule has 0 spiro atoms. The summed E-state index contributed by atoms with van der Waals surface area (Å²) in [5.41, 5.74) is 0.920. The highest BCUT2D eigenvalue weighted by Crippen LogP contribution is 2.06. The van der Waals surface area contributed by atoms with E-state index >= 15 is 0 Å². The third-order valence-electron chi connectivity index (χ3n) is 2.24. The molecule has 1 aromatic carbocycles. The lowest BCUT2D eigenvalue weighted by atomic mass is 10.2. The standard InChI is InChI=1S/C12H11NO3.C2H6/c14-11(13-8-9-16-12(13)15)7-6-10-4-2-1-3-5-10;1-2/h1-7H,8-9H2;1-2H3/b7-6+;. The fourth-order valence-corrected chi connectivity index (χ4v) is 1.42. The molecule has 1 aliphatic rings. The van der Waals surface area contributed by atoms with Gasteiger partial charge in [-0.05, 0) is 11.6 Å². The van der Waals surface area contributed by atoms with Crippen molar-refractivity contribution in [3.05, 3.63) is 42.0 Å². The van der Waals surface area contributed by atoms with Crippen molar-refractivity contribution in [2.24, 2.45) is 0 Å². The Morgan fingerprint density at radius 1 is 1.28 bits per heavy atom. The molecule has 0 aliphatic carbocycles. The summed E-state index contributed by atoms with van der Waals surface area (Å²) >= 11 is 0. The Hall–Kier alpha value is -2.10. The first-order chi connectivity index (χ1) is 8.77. The molecular weight excluding hydrogens is 230 g/mol. The molecule has 1 fully saturated rings. The number of benzene rings is 1. The number of carbonyl (C=O) groups is 2. The number of hydrogen-bond donors (Lipinski definition) is 0. The molecule has 2 amide bonds. The summed E-state index contributed by atoms with van der Waals surface area (Å²) in [4.78, 5) is 23.7. The minimum atomic E-state index is -0.567. The molecule has 1 aliphatic heterocycles. The van der Waals surface area contributed by atoms with Gasteiger partial charge in [-0.3, -0.25) is 4.79 Å². The van der Waals surface area contributed by atoms with Gasteiger partial charge in [0.05, 0.1) is 6.54 Å². The highest BCUT2D eigenvalue weighted by molar-refractivity contribution is 6.01. The molecule has 4 heteroatoms. The summed E-state index contributed by atoms with van der Waals surface area (Å²) in [6.07, 6.45) is 2.48. The van der Waals surface area contributed by atoms with Crippen molar-refractivity contribution < 1.29 is 14.3 Å². The zero-order valence-corrected chi connectivity index (χ0v) is 10.6. The van der Waals surface area contributed by atoms with Gasteiger partial charge in [-0.25, -0.2) is 9.69 Å². The van der Waals surface area contributed by atoms with Crippen LogP contribution < -0.4 is 0 Å². The molecule has 0 bridgehead atoms. The lowest BCUT2D eigenvalue weighted by Gasteiger charge is -2.06. The van der Waals surface area contributed by atoms with Crippen LogP contribution in [0.2, 0.25) is 0 Å². The molecule has 4 nitrogen and oxygen atoms in total. The largest absolute Gasteiger partial charge is 0.447 e. The van der Waals surface area contributed by atoms with Crippen molar-refractivity contribution >= 4 is 18.1 Å². The van der Waals surface area contributed by atoms with Crippen LogP contribution in [0.1, 0.15) is 19.4 Å². The normalized spacial score (nSPS) is 14.1. The van der Waals surface area contributed by atoms with Gasteiger partial charge < -0.3 is 4.74 Å². The molecule has 1 aromatic rings. The van der Waals surface area contributed by atoms with Gasteiger partial charge in [0, 0.05) is 6.08 Å². The average molecular weight is 247 g/mol. The van der Waals surface area contributed by atoms with E-state index in [2.05, 4.69) is 4.74 Å². The molecule has 0 N–H and O–H groups in total. The van der Waals surface area contributed by atoms with Crippen molar-refractivity contribution in [3.8, 4) is 0 Å². The van der Waals surface area contributed by atoms with Gasteiger partial charge in [0.25, 0.3) is 5.91 Å². The molecule has 0 radical (unpaired) electrons. The maximum atomic E-state index is 11.6. The van der Waals surface area contributed by atoms with Crippen LogP contribution in [-0.4, -0.2) is 30.1 Å². The van der Waals surface area contributed by atoms with Gasteiger partial charge in [0.15, 0.2) is 0 Å².